The fourth-order valence-corrected chi connectivity index (χ4v) is 4.60. The van der Waals surface area contributed by atoms with Gasteiger partial charge in [-0.25, -0.2) is 0 Å². The van der Waals surface area contributed by atoms with Crippen LogP contribution in [0.5, 0.6) is 11.8 Å². The van der Waals surface area contributed by atoms with Gasteiger partial charge in [0.1, 0.15) is 6.10 Å². The summed E-state index contributed by atoms with van der Waals surface area (Å²) in [7, 11) is 0. The lowest BCUT2D eigenvalue weighted by Crippen LogP contribution is -2.49. The van der Waals surface area contributed by atoms with Gasteiger partial charge < -0.3 is 19.8 Å². The highest BCUT2D eigenvalue weighted by atomic mass is 16.5. The van der Waals surface area contributed by atoms with Crippen molar-refractivity contribution >= 4 is 11.7 Å². The number of pyridine rings is 1. The summed E-state index contributed by atoms with van der Waals surface area (Å²) in [5.74, 6) is -0.240. The van der Waals surface area contributed by atoms with Crippen molar-refractivity contribution in [1.82, 2.24) is 14.5 Å². The van der Waals surface area contributed by atoms with E-state index in [0.717, 1.165) is 57.5 Å². The van der Waals surface area contributed by atoms with E-state index in [2.05, 4.69) is 14.8 Å². The number of carbonyl (C=O) groups excluding carboxylic acids is 1. The Labute approximate surface area is 183 Å². The van der Waals surface area contributed by atoms with E-state index >= 15 is 0 Å². The largest absolute Gasteiger partial charge is 0.494 e. The zero-order valence-electron chi connectivity index (χ0n) is 17.9. The summed E-state index contributed by atoms with van der Waals surface area (Å²) in [5, 5.41) is 20.1. The second-order valence-corrected chi connectivity index (χ2v) is 8.55. The zero-order valence-corrected chi connectivity index (χ0v) is 17.9. The molecule has 2 aromatic rings. The van der Waals surface area contributed by atoms with Gasteiger partial charge in [0.05, 0.1) is 12.5 Å². The first-order valence-electron chi connectivity index (χ1n) is 11.3. The Morgan fingerprint density at radius 2 is 1.61 bits per heavy atom. The summed E-state index contributed by atoms with van der Waals surface area (Å²) in [5.41, 5.74) is 1.16. The Bertz CT molecular complexity index is 823. The summed E-state index contributed by atoms with van der Waals surface area (Å²) in [6, 6.07) is 6.93. The second kappa shape index (κ2) is 10.0. The molecule has 8 heteroatoms. The summed E-state index contributed by atoms with van der Waals surface area (Å²) < 4.78 is 7.34. The molecule has 1 aliphatic heterocycles. The number of hydrogen-bond donors (Lipinski definition) is 2. The van der Waals surface area contributed by atoms with Crippen molar-refractivity contribution in [1.29, 1.82) is 0 Å². The van der Waals surface area contributed by atoms with Crippen LogP contribution < -0.4 is 4.90 Å². The molecule has 2 fully saturated rings. The van der Waals surface area contributed by atoms with Crippen LogP contribution in [0.25, 0.3) is 0 Å². The maximum absolute atomic E-state index is 12.8. The van der Waals surface area contributed by atoms with Crippen molar-refractivity contribution < 1.29 is 19.7 Å². The molecule has 168 valence electrons. The summed E-state index contributed by atoms with van der Waals surface area (Å²) in [6.07, 6.45) is 8.26. The summed E-state index contributed by atoms with van der Waals surface area (Å²) >= 11 is 0. The SMILES string of the molecule is O=C(OC(CN1CCN(c2ccncc2)CC1)Cn1c(O)ccc1O)C1CCCCC1. The van der Waals surface area contributed by atoms with Crippen molar-refractivity contribution in [3.05, 3.63) is 36.7 Å². The number of ether oxygens (including phenoxy) is 1. The number of nitrogens with zero attached hydrogens (tertiary/aromatic N) is 4. The van der Waals surface area contributed by atoms with Gasteiger partial charge in [0.25, 0.3) is 0 Å². The predicted molar refractivity (Wildman–Crippen MR) is 117 cm³/mol. The standard InChI is InChI=1S/C23H32N4O4/c28-21-6-7-22(29)27(21)17-20(31-23(30)18-4-2-1-3-5-18)16-25-12-14-26(15-13-25)19-8-10-24-11-9-19/h6-11,18,20,28-29H,1-5,12-17H2. The topological polar surface area (TPSA) is 91.1 Å². The molecule has 8 nitrogen and oxygen atoms in total. The molecule has 1 unspecified atom stereocenters. The molecule has 2 aliphatic rings. The van der Waals surface area contributed by atoms with Gasteiger partial charge in [0, 0.05) is 62.9 Å². The van der Waals surface area contributed by atoms with E-state index in [1.165, 1.54) is 23.1 Å². The number of esters is 1. The van der Waals surface area contributed by atoms with Crippen molar-refractivity contribution in [3.63, 3.8) is 0 Å². The fraction of sp³-hybridized carbons (Fsp3) is 0.565. The lowest BCUT2D eigenvalue weighted by molar-refractivity contribution is -0.157. The van der Waals surface area contributed by atoms with Crippen LogP contribution in [0.1, 0.15) is 32.1 Å². The number of aromatic hydroxyl groups is 2. The Balaban J connectivity index is 1.38. The van der Waals surface area contributed by atoms with Gasteiger partial charge in [-0.15, -0.1) is 0 Å². The van der Waals surface area contributed by atoms with Gasteiger partial charge in [0.15, 0.2) is 11.8 Å². The van der Waals surface area contributed by atoms with E-state index in [1.807, 2.05) is 12.1 Å². The maximum Gasteiger partial charge on any atom is 0.309 e. The first kappa shape index (κ1) is 21.5. The Hall–Kier alpha value is -2.74. The van der Waals surface area contributed by atoms with Crippen LogP contribution in [0.2, 0.25) is 0 Å². The highest BCUT2D eigenvalue weighted by Gasteiger charge is 2.28. The molecule has 0 amide bonds. The molecule has 1 saturated heterocycles. The molecule has 1 saturated carbocycles. The van der Waals surface area contributed by atoms with E-state index in [1.54, 1.807) is 12.4 Å². The number of piperazine rings is 1. The molecule has 31 heavy (non-hydrogen) atoms. The lowest BCUT2D eigenvalue weighted by atomic mass is 9.89. The van der Waals surface area contributed by atoms with E-state index in [-0.39, 0.29) is 30.2 Å². The Morgan fingerprint density at radius 1 is 0.968 bits per heavy atom. The van der Waals surface area contributed by atoms with E-state index < -0.39 is 6.10 Å². The molecular weight excluding hydrogens is 396 g/mol. The van der Waals surface area contributed by atoms with Crippen LogP contribution in [0.4, 0.5) is 5.69 Å². The van der Waals surface area contributed by atoms with Crippen molar-refractivity contribution in [2.45, 2.75) is 44.8 Å². The van der Waals surface area contributed by atoms with Crippen molar-refractivity contribution in [2.75, 3.05) is 37.6 Å². The van der Waals surface area contributed by atoms with Gasteiger partial charge in [0.2, 0.25) is 0 Å². The lowest BCUT2D eigenvalue weighted by Gasteiger charge is -2.37. The molecule has 1 atom stereocenters. The summed E-state index contributed by atoms with van der Waals surface area (Å²) in [4.78, 5) is 21.5. The molecular formula is C23H32N4O4. The van der Waals surface area contributed by atoms with Crippen LogP contribution in [0.15, 0.2) is 36.7 Å². The molecule has 2 aromatic heterocycles. The monoisotopic (exact) mass is 428 g/mol. The molecule has 0 aromatic carbocycles. The van der Waals surface area contributed by atoms with E-state index in [9.17, 15) is 15.0 Å². The predicted octanol–water partition coefficient (Wildman–Crippen LogP) is 2.61. The molecule has 0 bridgehead atoms. The average Bonchev–Trinajstić information content (AvgIpc) is 3.12. The van der Waals surface area contributed by atoms with E-state index in [4.69, 9.17) is 4.74 Å². The van der Waals surface area contributed by atoms with Crippen LogP contribution in [0.3, 0.4) is 0 Å². The van der Waals surface area contributed by atoms with Gasteiger partial charge in [-0.1, -0.05) is 19.3 Å². The fourth-order valence-electron chi connectivity index (χ4n) is 4.60. The normalized spacial score (nSPS) is 19.3. The minimum Gasteiger partial charge on any atom is -0.494 e. The quantitative estimate of drug-likeness (QED) is 0.655. The molecule has 1 aliphatic carbocycles. The zero-order chi connectivity index (χ0) is 21.6. The summed E-state index contributed by atoms with van der Waals surface area (Å²) in [6.45, 7) is 4.26. The number of carbonyl (C=O) groups is 1. The minimum atomic E-state index is -0.439. The highest BCUT2D eigenvalue weighted by molar-refractivity contribution is 5.72. The third kappa shape index (κ3) is 5.50. The van der Waals surface area contributed by atoms with Crippen LogP contribution >= 0.6 is 0 Å². The third-order valence-corrected chi connectivity index (χ3v) is 6.40. The first-order valence-corrected chi connectivity index (χ1v) is 11.3. The minimum absolute atomic E-state index is 0.0290. The molecule has 2 N–H and O–H groups in total. The van der Waals surface area contributed by atoms with E-state index in [0.29, 0.717) is 6.54 Å². The van der Waals surface area contributed by atoms with Crippen LogP contribution in [-0.2, 0) is 16.1 Å². The van der Waals surface area contributed by atoms with Crippen molar-refractivity contribution in [3.8, 4) is 11.8 Å². The van der Waals surface area contributed by atoms with Gasteiger partial charge in [-0.3, -0.25) is 19.2 Å². The second-order valence-electron chi connectivity index (χ2n) is 8.55. The third-order valence-electron chi connectivity index (χ3n) is 6.40. The number of aromatic nitrogens is 2. The number of rotatable bonds is 7. The van der Waals surface area contributed by atoms with Gasteiger partial charge in [-0.05, 0) is 25.0 Å². The first-order chi connectivity index (χ1) is 15.1. The Kier molecular flexibility index (Phi) is 6.96. The molecule has 3 heterocycles. The van der Waals surface area contributed by atoms with Gasteiger partial charge >= 0.3 is 5.97 Å². The molecule has 0 radical (unpaired) electrons. The average molecular weight is 429 g/mol. The maximum atomic E-state index is 12.8. The molecule has 4 rings (SSSR count). The van der Waals surface area contributed by atoms with Crippen molar-refractivity contribution in [2.24, 2.45) is 5.92 Å². The Morgan fingerprint density at radius 3 is 2.26 bits per heavy atom. The van der Waals surface area contributed by atoms with Crippen LogP contribution in [-0.4, -0.2) is 69.5 Å². The molecule has 0 spiro atoms. The smallest absolute Gasteiger partial charge is 0.309 e. The number of hydrogen-bond acceptors (Lipinski definition) is 7. The van der Waals surface area contributed by atoms with Gasteiger partial charge in [-0.2, -0.15) is 0 Å². The highest BCUT2D eigenvalue weighted by Crippen LogP contribution is 2.27. The van der Waals surface area contributed by atoms with Crippen LogP contribution in [0, 0.1) is 5.92 Å². The number of anilines is 1.